The van der Waals surface area contributed by atoms with E-state index < -0.39 is 0 Å². The summed E-state index contributed by atoms with van der Waals surface area (Å²) >= 11 is 0. The number of methoxy groups -OCH3 is 1. The molecular weight excluding hydrogens is 332 g/mol. The van der Waals surface area contributed by atoms with Gasteiger partial charge in [-0.05, 0) is 25.0 Å². The maximum absolute atomic E-state index is 12.5. The minimum Gasteiger partial charge on any atom is -0.495 e. The Labute approximate surface area is 151 Å². The molecule has 6 nitrogen and oxygen atoms in total. The summed E-state index contributed by atoms with van der Waals surface area (Å²) in [6.07, 6.45) is 2.17. The minimum atomic E-state index is -0.126. The van der Waals surface area contributed by atoms with E-state index in [2.05, 4.69) is 5.32 Å². The van der Waals surface area contributed by atoms with E-state index in [1.807, 2.05) is 35.2 Å². The van der Waals surface area contributed by atoms with Crippen LogP contribution in [0.5, 0.6) is 5.75 Å². The second kappa shape index (κ2) is 6.97. The van der Waals surface area contributed by atoms with Crippen molar-refractivity contribution in [1.82, 2.24) is 4.90 Å². The molecule has 26 heavy (non-hydrogen) atoms. The fourth-order valence-corrected chi connectivity index (χ4v) is 3.35. The first-order chi connectivity index (χ1) is 12.7. The van der Waals surface area contributed by atoms with Crippen molar-refractivity contribution in [2.45, 2.75) is 18.9 Å². The minimum absolute atomic E-state index is 0.0536. The summed E-state index contributed by atoms with van der Waals surface area (Å²) in [6, 6.07) is 11.9. The maximum atomic E-state index is 12.5. The molecule has 1 fully saturated rings. The van der Waals surface area contributed by atoms with E-state index in [1.165, 1.54) is 0 Å². The zero-order valence-corrected chi connectivity index (χ0v) is 14.7. The topological polar surface area (TPSA) is 74.9 Å². The predicted molar refractivity (Wildman–Crippen MR) is 101 cm³/mol. The molecule has 0 atom stereocenters. The number of aliphatic hydroxyl groups excluding tert-OH is 1. The molecule has 0 bridgehead atoms. The number of nitrogens with zero attached hydrogens (tertiary/aromatic N) is 1. The fourth-order valence-electron chi connectivity index (χ4n) is 3.35. The molecule has 0 saturated heterocycles. The summed E-state index contributed by atoms with van der Waals surface area (Å²) < 4.78 is 11.4. The van der Waals surface area contributed by atoms with Crippen LogP contribution in [-0.4, -0.2) is 48.8 Å². The normalized spacial score (nSPS) is 14.3. The summed E-state index contributed by atoms with van der Waals surface area (Å²) in [5, 5.41) is 14.1. The van der Waals surface area contributed by atoms with Crippen molar-refractivity contribution in [1.29, 1.82) is 0 Å². The van der Waals surface area contributed by atoms with Gasteiger partial charge in [-0.25, -0.2) is 0 Å². The van der Waals surface area contributed by atoms with Gasteiger partial charge in [-0.15, -0.1) is 0 Å². The predicted octanol–water partition coefficient (Wildman–Crippen LogP) is 2.99. The van der Waals surface area contributed by atoms with Crippen LogP contribution in [0.2, 0.25) is 0 Å². The average Bonchev–Trinajstić information content (AvgIpc) is 3.42. The van der Waals surface area contributed by atoms with E-state index in [-0.39, 0.29) is 19.1 Å². The van der Waals surface area contributed by atoms with Gasteiger partial charge in [-0.3, -0.25) is 9.69 Å². The molecule has 2 N–H and O–H groups in total. The monoisotopic (exact) mass is 354 g/mol. The number of fused-ring (bicyclic) bond motifs is 3. The quantitative estimate of drug-likeness (QED) is 0.682. The van der Waals surface area contributed by atoms with Crippen LogP contribution in [0.3, 0.4) is 0 Å². The molecule has 1 saturated carbocycles. The highest BCUT2D eigenvalue weighted by Gasteiger charge is 2.30. The van der Waals surface area contributed by atoms with Crippen LogP contribution in [0.4, 0.5) is 5.69 Å². The number of hydrogen-bond donors (Lipinski definition) is 2. The molecule has 0 spiro atoms. The van der Waals surface area contributed by atoms with Gasteiger partial charge in [0.25, 0.3) is 0 Å². The number of ether oxygens (including phenoxy) is 1. The van der Waals surface area contributed by atoms with Gasteiger partial charge in [0.15, 0.2) is 0 Å². The van der Waals surface area contributed by atoms with Gasteiger partial charge in [0.2, 0.25) is 5.91 Å². The van der Waals surface area contributed by atoms with E-state index >= 15 is 0 Å². The summed E-state index contributed by atoms with van der Waals surface area (Å²) in [7, 11) is 1.58. The molecule has 0 aliphatic heterocycles. The van der Waals surface area contributed by atoms with E-state index in [4.69, 9.17) is 9.15 Å². The molecule has 1 aliphatic carbocycles. The summed E-state index contributed by atoms with van der Waals surface area (Å²) in [5.74, 6) is 0.469. The van der Waals surface area contributed by atoms with Crippen molar-refractivity contribution >= 4 is 33.5 Å². The van der Waals surface area contributed by atoms with Crippen LogP contribution in [0.25, 0.3) is 21.9 Å². The number of furan rings is 1. The number of anilines is 1. The van der Waals surface area contributed by atoms with Crippen LogP contribution in [0.15, 0.2) is 40.8 Å². The number of amides is 1. The van der Waals surface area contributed by atoms with Gasteiger partial charge < -0.3 is 19.6 Å². The van der Waals surface area contributed by atoms with E-state index in [0.717, 1.165) is 29.2 Å². The Morgan fingerprint density at radius 3 is 2.81 bits per heavy atom. The number of carbonyl (C=O) groups is 1. The highest BCUT2D eigenvalue weighted by atomic mass is 16.5. The first-order valence-corrected chi connectivity index (χ1v) is 8.83. The van der Waals surface area contributed by atoms with Crippen LogP contribution in [0, 0.1) is 0 Å². The van der Waals surface area contributed by atoms with Crippen LogP contribution >= 0.6 is 0 Å². The summed E-state index contributed by atoms with van der Waals surface area (Å²) in [6.45, 7) is 0.822. The molecule has 0 unspecified atom stereocenters. The zero-order chi connectivity index (χ0) is 18.1. The Balaban J connectivity index is 1.60. The van der Waals surface area contributed by atoms with E-state index in [1.54, 1.807) is 13.2 Å². The number of carbonyl (C=O) groups excluding carboxylic acids is 1. The van der Waals surface area contributed by atoms with Crippen LogP contribution < -0.4 is 10.1 Å². The maximum Gasteiger partial charge on any atom is 0.238 e. The van der Waals surface area contributed by atoms with Crippen molar-refractivity contribution in [3.05, 3.63) is 36.4 Å². The Morgan fingerprint density at radius 2 is 2.08 bits per heavy atom. The first kappa shape index (κ1) is 16.9. The van der Waals surface area contributed by atoms with Crippen molar-refractivity contribution in [3.63, 3.8) is 0 Å². The van der Waals surface area contributed by atoms with E-state index in [0.29, 0.717) is 29.6 Å². The van der Waals surface area contributed by atoms with Crippen LogP contribution in [0.1, 0.15) is 12.8 Å². The molecule has 1 aromatic heterocycles. The molecule has 1 aliphatic rings. The lowest BCUT2D eigenvalue weighted by molar-refractivity contribution is -0.117. The Bertz CT molecular complexity index is 946. The molecule has 136 valence electrons. The second-order valence-corrected chi connectivity index (χ2v) is 6.62. The largest absolute Gasteiger partial charge is 0.495 e. The molecular formula is C20H22N2O4. The Morgan fingerprint density at radius 1 is 1.27 bits per heavy atom. The first-order valence-electron chi connectivity index (χ1n) is 8.83. The van der Waals surface area contributed by atoms with Gasteiger partial charge >= 0.3 is 0 Å². The third-order valence-corrected chi connectivity index (χ3v) is 4.77. The number of benzene rings is 2. The standard InChI is InChI=1S/C20H22N2O4/c1-25-19-10-15-14-4-2-3-5-17(14)26-18(15)11-16(19)21-20(24)12-22(8-9-23)13-6-7-13/h2-5,10-11,13,23H,6-9,12H2,1H3,(H,21,24). The Kier molecular flexibility index (Phi) is 4.53. The summed E-state index contributed by atoms with van der Waals surface area (Å²) in [5.41, 5.74) is 2.09. The highest BCUT2D eigenvalue weighted by molar-refractivity contribution is 6.07. The third kappa shape index (κ3) is 3.25. The molecule has 1 heterocycles. The smallest absolute Gasteiger partial charge is 0.238 e. The van der Waals surface area contributed by atoms with Gasteiger partial charge in [-0.2, -0.15) is 0 Å². The number of hydrogen-bond acceptors (Lipinski definition) is 5. The van der Waals surface area contributed by atoms with Crippen molar-refractivity contribution in [3.8, 4) is 5.75 Å². The van der Waals surface area contributed by atoms with Gasteiger partial charge in [0.05, 0.1) is 25.9 Å². The average molecular weight is 354 g/mol. The lowest BCUT2D eigenvalue weighted by atomic mass is 10.1. The second-order valence-electron chi connectivity index (χ2n) is 6.62. The third-order valence-electron chi connectivity index (χ3n) is 4.77. The lowest BCUT2D eigenvalue weighted by Crippen LogP contribution is -2.36. The van der Waals surface area contributed by atoms with Gasteiger partial charge in [0, 0.05) is 29.4 Å². The van der Waals surface area contributed by atoms with Crippen molar-refractivity contribution in [2.24, 2.45) is 0 Å². The van der Waals surface area contributed by atoms with Crippen molar-refractivity contribution in [2.75, 3.05) is 32.1 Å². The molecule has 4 rings (SSSR count). The molecule has 0 radical (unpaired) electrons. The molecule has 1 amide bonds. The SMILES string of the molecule is COc1cc2c(cc1NC(=O)CN(CCO)C1CC1)oc1ccccc12. The van der Waals surface area contributed by atoms with Gasteiger partial charge in [-0.1, -0.05) is 18.2 Å². The van der Waals surface area contributed by atoms with E-state index in [9.17, 15) is 9.90 Å². The summed E-state index contributed by atoms with van der Waals surface area (Å²) in [4.78, 5) is 14.5. The lowest BCUT2D eigenvalue weighted by Gasteiger charge is -2.20. The Hall–Kier alpha value is -2.57. The number of rotatable bonds is 7. The van der Waals surface area contributed by atoms with Crippen molar-refractivity contribution < 1.29 is 19.1 Å². The highest BCUT2D eigenvalue weighted by Crippen LogP contribution is 2.36. The molecule has 6 heteroatoms. The fraction of sp³-hybridized carbons (Fsp3) is 0.350. The van der Waals surface area contributed by atoms with Crippen LogP contribution in [-0.2, 0) is 4.79 Å². The molecule has 3 aromatic rings. The number of aliphatic hydroxyl groups is 1. The zero-order valence-electron chi connectivity index (χ0n) is 14.7. The van der Waals surface area contributed by atoms with Gasteiger partial charge in [0.1, 0.15) is 16.9 Å². The molecule has 2 aromatic carbocycles. The number of para-hydroxylation sites is 1. The number of nitrogens with one attached hydrogen (secondary N) is 1.